The number of carbonyl (C=O) groups is 3. The first-order valence-electron chi connectivity index (χ1n) is 32.0. The van der Waals surface area contributed by atoms with E-state index in [0.717, 1.165) is 148 Å². The van der Waals surface area contributed by atoms with Gasteiger partial charge in [-0.15, -0.1) is 0 Å². The van der Waals surface area contributed by atoms with Gasteiger partial charge in [0.25, 0.3) is 0 Å². The van der Waals surface area contributed by atoms with Crippen LogP contribution in [0.1, 0.15) is 290 Å². The molecule has 0 fully saturated rings. The molecule has 1 atom stereocenters. The van der Waals surface area contributed by atoms with Crippen LogP contribution in [0.4, 0.5) is 0 Å². The number of esters is 3. The summed E-state index contributed by atoms with van der Waals surface area (Å²) in [5.74, 6) is -0.936. The highest BCUT2D eigenvalue weighted by molar-refractivity contribution is 5.71. The first-order chi connectivity index (χ1) is 38.0. The second-order valence-electron chi connectivity index (χ2n) is 20.9. The van der Waals surface area contributed by atoms with Gasteiger partial charge in [0.05, 0.1) is 0 Å². The van der Waals surface area contributed by atoms with E-state index in [4.69, 9.17) is 14.2 Å². The summed E-state index contributed by atoms with van der Waals surface area (Å²) in [6.45, 7) is 6.39. The minimum Gasteiger partial charge on any atom is -0.462 e. The Bertz CT molecular complexity index is 1600. The number of hydrogen-bond acceptors (Lipinski definition) is 6. The molecule has 0 aliphatic carbocycles. The fourth-order valence-corrected chi connectivity index (χ4v) is 8.69. The van der Waals surface area contributed by atoms with E-state index in [0.29, 0.717) is 19.3 Å². The molecule has 6 nitrogen and oxygen atoms in total. The van der Waals surface area contributed by atoms with Crippen LogP contribution in [0, 0.1) is 0 Å². The number of unbranched alkanes of at least 4 members (excludes halogenated alkanes) is 26. The van der Waals surface area contributed by atoms with Crippen LogP contribution in [0.15, 0.2) is 122 Å². The molecule has 0 aromatic rings. The molecule has 6 heteroatoms. The van der Waals surface area contributed by atoms with Crippen molar-refractivity contribution in [3.63, 3.8) is 0 Å². The molecule has 0 aliphatic heterocycles. The van der Waals surface area contributed by atoms with Crippen molar-refractivity contribution in [1.82, 2.24) is 0 Å². The lowest BCUT2D eigenvalue weighted by atomic mass is 10.1. The van der Waals surface area contributed by atoms with Crippen molar-refractivity contribution in [1.29, 1.82) is 0 Å². The maximum Gasteiger partial charge on any atom is 0.306 e. The van der Waals surface area contributed by atoms with E-state index in [1.54, 1.807) is 0 Å². The van der Waals surface area contributed by atoms with Crippen molar-refractivity contribution in [2.75, 3.05) is 13.2 Å². The van der Waals surface area contributed by atoms with Gasteiger partial charge < -0.3 is 14.2 Å². The Morgan fingerprint density at radius 2 is 0.506 bits per heavy atom. The van der Waals surface area contributed by atoms with Gasteiger partial charge in [-0.25, -0.2) is 0 Å². The second kappa shape index (κ2) is 64.3. The fourth-order valence-electron chi connectivity index (χ4n) is 8.69. The summed E-state index contributed by atoms with van der Waals surface area (Å²) in [5, 5.41) is 0. The summed E-state index contributed by atoms with van der Waals surface area (Å²) in [7, 11) is 0. The predicted molar refractivity (Wildman–Crippen MR) is 334 cm³/mol. The monoisotopic (exact) mass is 1070 g/mol. The van der Waals surface area contributed by atoms with Gasteiger partial charge in [0.15, 0.2) is 6.10 Å². The Morgan fingerprint density at radius 3 is 0.805 bits per heavy atom. The number of carbonyl (C=O) groups excluding carboxylic acids is 3. The van der Waals surface area contributed by atoms with Gasteiger partial charge in [-0.05, 0) is 128 Å². The molecular formula is C71H118O6. The zero-order chi connectivity index (χ0) is 55.7. The van der Waals surface area contributed by atoms with E-state index in [9.17, 15) is 14.4 Å². The number of hydrogen-bond donors (Lipinski definition) is 0. The minimum atomic E-state index is -0.802. The van der Waals surface area contributed by atoms with E-state index < -0.39 is 6.10 Å². The quantitative estimate of drug-likeness (QED) is 0.0261. The van der Waals surface area contributed by atoms with Crippen LogP contribution in [0.25, 0.3) is 0 Å². The number of allylic oxidation sites excluding steroid dienone is 20. The van der Waals surface area contributed by atoms with Gasteiger partial charge in [0.1, 0.15) is 13.2 Å². The third-order valence-corrected chi connectivity index (χ3v) is 13.4. The van der Waals surface area contributed by atoms with Gasteiger partial charge in [0, 0.05) is 19.3 Å². The van der Waals surface area contributed by atoms with E-state index in [-0.39, 0.29) is 31.1 Å². The van der Waals surface area contributed by atoms with Crippen LogP contribution in [0.5, 0.6) is 0 Å². The van der Waals surface area contributed by atoms with Crippen molar-refractivity contribution in [2.24, 2.45) is 0 Å². The van der Waals surface area contributed by atoms with Gasteiger partial charge in [-0.3, -0.25) is 14.4 Å². The van der Waals surface area contributed by atoms with Gasteiger partial charge in [-0.2, -0.15) is 0 Å². The molecule has 0 bridgehead atoms. The summed E-state index contributed by atoms with van der Waals surface area (Å²) in [4.78, 5) is 38.3. The van der Waals surface area contributed by atoms with E-state index >= 15 is 0 Å². The Kier molecular flexibility index (Phi) is 60.8. The average Bonchev–Trinajstić information content (AvgIpc) is 3.43. The highest BCUT2D eigenvalue weighted by Crippen LogP contribution is 2.15. The summed E-state index contributed by atoms with van der Waals surface area (Å²) < 4.78 is 16.9. The third kappa shape index (κ3) is 62.5. The lowest BCUT2D eigenvalue weighted by Crippen LogP contribution is -2.30. The van der Waals surface area contributed by atoms with Gasteiger partial charge in [0.2, 0.25) is 0 Å². The normalized spacial score (nSPS) is 12.9. The van der Waals surface area contributed by atoms with Crippen molar-refractivity contribution in [3.8, 4) is 0 Å². The fraction of sp³-hybridized carbons (Fsp3) is 0.676. The molecule has 0 amide bonds. The Labute approximate surface area is 475 Å². The molecule has 438 valence electrons. The van der Waals surface area contributed by atoms with Crippen LogP contribution in [0.3, 0.4) is 0 Å². The molecule has 0 spiro atoms. The highest BCUT2D eigenvalue weighted by atomic mass is 16.6. The summed E-state index contributed by atoms with van der Waals surface area (Å²) in [5.41, 5.74) is 0. The predicted octanol–water partition coefficient (Wildman–Crippen LogP) is 22.0. The zero-order valence-electron chi connectivity index (χ0n) is 50.2. The molecule has 77 heavy (non-hydrogen) atoms. The molecule has 0 N–H and O–H groups in total. The molecule has 0 aromatic heterocycles. The summed E-state index contributed by atoms with van der Waals surface area (Å²) in [6, 6.07) is 0. The zero-order valence-corrected chi connectivity index (χ0v) is 50.2. The topological polar surface area (TPSA) is 78.9 Å². The Hall–Kier alpha value is -4.19. The first kappa shape index (κ1) is 72.8. The van der Waals surface area contributed by atoms with E-state index in [2.05, 4.69) is 142 Å². The molecule has 0 saturated heterocycles. The number of ether oxygens (including phenoxy) is 3. The second-order valence-corrected chi connectivity index (χ2v) is 20.9. The lowest BCUT2D eigenvalue weighted by molar-refractivity contribution is -0.167. The van der Waals surface area contributed by atoms with Crippen LogP contribution >= 0.6 is 0 Å². The Morgan fingerprint density at radius 1 is 0.273 bits per heavy atom. The van der Waals surface area contributed by atoms with Gasteiger partial charge >= 0.3 is 17.9 Å². The molecule has 0 rings (SSSR count). The first-order valence-corrected chi connectivity index (χ1v) is 32.0. The third-order valence-electron chi connectivity index (χ3n) is 13.4. The standard InChI is InChI=1S/C71H118O6/c1-4-7-10-13-16-19-22-25-28-30-32-34-35-37-38-40-43-46-49-52-55-58-61-64-70(73)76-67-68(66-75-69(72)63-60-57-54-51-48-45-42-27-24-21-18-15-12-9-6-3)77-71(74)65-62-59-56-53-50-47-44-41-39-36-33-31-29-26-23-20-17-14-11-8-5-2/h7,9-10,12,16,18-19,21,25,27-28,31-34,37-38,42-43,46,68H,4-6,8,11,13-15,17,20,22-24,26,29-30,35-36,39-41,44-45,47-67H2,1-3H3/b10-7-,12-9-,19-16-,21-18-,28-25-,33-31-,34-32-,38-37-,42-27-,46-43-. The Balaban J connectivity index is 4.45. The molecular weight excluding hydrogens is 949 g/mol. The van der Waals surface area contributed by atoms with Crippen LogP contribution in [-0.4, -0.2) is 37.2 Å². The van der Waals surface area contributed by atoms with Crippen molar-refractivity contribution in [2.45, 2.75) is 297 Å². The van der Waals surface area contributed by atoms with E-state index in [1.807, 2.05) is 0 Å². The van der Waals surface area contributed by atoms with Crippen molar-refractivity contribution in [3.05, 3.63) is 122 Å². The lowest BCUT2D eigenvalue weighted by Gasteiger charge is -2.18. The van der Waals surface area contributed by atoms with E-state index in [1.165, 1.54) is 103 Å². The molecule has 0 aliphatic rings. The van der Waals surface area contributed by atoms with Crippen molar-refractivity contribution < 1.29 is 28.6 Å². The number of rotatable bonds is 57. The SMILES string of the molecule is CC/C=C\C/C=C\C/C=C\C/C=C\C/C=C\C/C=C\CCCCCCC(=O)OCC(COC(=O)CCCCCCC/C=C\C/C=C\C/C=C\CC)OC(=O)CCCCCCCCCCC/C=C\CCCCCCCCCC. The van der Waals surface area contributed by atoms with Crippen molar-refractivity contribution >= 4 is 17.9 Å². The molecule has 0 saturated carbocycles. The maximum atomic E-state index is 12.9. The highest BCUT2D eigenvalue weighted by Gasteiger charge is 2.19. The van der Waals surface area contributed by atoms with Crippen LogP contribution in [0.2, 0.25) is 0 Å². The average molecular weight is 1070 g/mol. The molecule has 1 unspecified atom stereocenters. The molecule has 0 heterocycles. The molecule has 0 radical (unpaired) electrons. The summed E-state index contributed by atoms with van der Waals surface area (Å²) >= 11 is 0. The van der Waals surface area contributed by atoms with Gasteiger partial charge in [-0.1, -0.05) is 264 Å². The maximum absolute atomic E-state index is 12.9. The smallest absolute Gasteiger partial charge is 0.306 e. The largest absolute Gasteiger partial charge is 0.462 e. The van der Waals surface area contributed by atoms with Crippen LogP contribution < -0.4 is 0 Å². The minimum absolute atomic E-state index is 0.0982. The van der Waals surface area contributed by atoms with Crippen LogP contribution in [-0.2, 0) is 28.6 Å². The summed E-state index contributed by atoms with van der Waals surface area (Å²) in [6.07, 6.45) is 89.1. The molecule has 0 aromatic carbocycles.